The number of aliphatic hydroxyl groups excluding tert-OH is 2. The Morgan fingerprint density at radius 1 is 1.53 bits per heavy atom. The Morgan fingerprint density at radius 3 is 2.80 bits per heavy atom. The summed E-state index contributed by atoms with van der Waals surface area (Å²) < 4.78 is 4.40. The van der Waals surface area contributed by atoms with E-state index in [1.807, 2.05) is 6.08 Å². The van der Waals surface area contributed by atoms with Gasteiger partial charge < -0.3 is 14.9 Å². The van der Waals surface area contributed by atoms with Crippen molar-refractivity contribution in [1.82, 2.24) is 0 Å². The molecule has 0 aromatic carbocycles. The van der Waals surface area contributed by atoms with Crippen LogP contribution in [-0.2, 0) is 9.53 Å². The minimum Gasteiger partial charge on any atom is -0.433 e. The Labute approximate surface area is 88.9 Å². The molecular weight excluding hydrogens is 196 g/mol. The standard InChI is InChI=1S/C11H16O4/c1-2-15-11(14)10(13)9(12)8-6-4-3-5-7-8/h2,6,9-10,12-13H,1,3-5,7H2. The van der Waals surface area contributed by atoms with Gasteiger partial charge in [-0.1, -0.05) is 12.7 Å². The minimum absolute atomic E-state index is 0.717. The summed E-state index contributed by atoms with van der Waals surface area (Å²) in [5.41, 5.74) is 0.717. The molecule has 2 unspecified atom stereocenters. The lowest BCUT2D eigenvalue weighted by molar-refractivity contribution is -0.152. The first-order chi connectivity index (χ1) is 7.16. The third kappa shape index (κ3) is 3.18. The van der Waals surface area contributed by atoms with Crippen molar-refractivity contribution < 1.29 is 19.7 Å². The van der Waals surface area contributed by atoms with Crippen LogP contribution >= 0.6 is 0 Å². The first-order valence-electron chi connectivity index (χ1n) is 5.03. The Morgan fingerprint density at radius 2 is 2.27 bits per heavy atom. The van der Waals surface area contributed by atoms with E-state index in [2.05, 4.69) is 11.3 Å². The summed E-state index contributed by atoms with van der Waals surface area (Å²) in [6.07, 6.45) is 3.81. The zero-order valence-electron chi connectivity index (χ0n) is 8.56. The second kappa shape index (κ2) is 5.68. The third-order valence-electron chi connectivity index (χ3n) is 2.45. The average Bonchev–Trinajstić information content (AvgIpc) is 2.28. The number of hydrogen-bond donors (Lipinski definition) is 2. The van der Waals surface area contributed by atoms with Crippen LogP contribution in [0.15, 0.2) is 24.5 Å². The lowest BCUT2D eigenvalue weighted by atomic mass is 9.93. The van der Waals surface area contributed by atoms with E-state index in [-0.39, 0.29) is 0 Å². The topological polar surface area (TPSA) is 66.8 Å². The summed E-state index contributed by atoms with van der Waals surface area (Å²) >= 11 is 0. The molecule has 0 aromatic heterocycles. The molecule has 4 nitrogen and oxygen atoms in total. The molecule has 2 N–H and O–H groups in total. The Balaban J connectivity index is 2.58. The minimum atomic E-state index is -1.52. The first kappa shape index (κ1) is 11.9. The molecule has 0 bridgehead atoms. The molecule has 0 spiro atoms. The van der Waals surface area contributed by atoms with Gasteiger partial charge in [0.2, 0.25) is 0 Å². The normalized spacial score (nSPS) is 20.0. The molecule has 2 atom stereocenters. The molecule has 84 valence electrons. The van der Waals surface area contributed by atoms with E-state index in [4.69, 9.17) is 0 Å². The number of allylic oxidation sites excluding steroid dienone is 1. The van der Waals surface area contributed by atoms with Gasteiger partial charge in [-0.2, -0.15) is 0 Å². The van der Waals surface area contributed by atoms with Crippen molar-refractivity contribution in [2.24, 2.45) is 0 Å². The van der Waals surface area contributed by atoms with Crippen LogP contribution in [-0.4, -0.2) is 28.4 Å². The van der Waals surface area contributed by atoms with Crippen molar-refractivity contribution in [1.29, 1.82) is 0 Å². The summed E-state index contributed by atoms with van der Waals surface area (Å²) in [6.45, 7) is 3.20. The number of carbonyl (C=O) groups excluding carboxylic acids is 1. The molecule has 1 aliphatic carbocycles. The molecule has 0 aliphatic heterocycles. The maximum atomic E-state index is 11.1. The van der Waals surface area contributed by atoms with E-state index in [9.17, 15) is 15.0 Å². The van der Waals surface area contributed by atoms with Gasteiger partial charge in [0.25, 0.3) is 0 Å². The predicted molar refractivity (Wildman–Crippen MR) is 54.9 cm³/mol. The van der Waals surface area contributed by atoms with Crippen molar-refractivity contribution >= 4 is 5.97 Å². The second-order valence-electron chi connectivity index (χ2n) is 3.52. The Kier molecular flexibility index (Phi) is 4.52. The smallest absolute Gasteiger partial charge is 0.342 e. The van der Waals surface area contributed by atoms with E-state index in [0.29, 0.717) is 0 Å². The maximum absolute atomic E-state index is 11.1. The number of aliphatic hydroxyl groups is 2. The Bertz CT molecular complexity index is 270. The van der Waals surface area contributed by atoms with Gasteiger partial charge in [-0.25, -0.2) is 4.79 Å². The molecule has 0 radical (unpaired) electrons. The van der Waals surface area contributed by atoms with Crippen LogP contribution in [0.1, 0.15) is 25.7 Å². The quantitative estimate of drug-likeness (QED) is 0.412. The maximum Gasteiger partial charge on any atom is 0.342 e. The lowest BCUT2D eigenvalue weighted by Crippen LogP contribution is -2.36. The van der Waals surface area contributed by atoms with E-state index in [1.165, 1.54) is 0 Å². The Hall–Kier alpha value is -1.13. The highest BCUT2D eigenvalue weighted by Crippen LogP contribution is 2.22. The zero-order valence-corrected chi connectivity index (χ0v) is 8.56. The molecule has 4 heteroatoms. The number of carbonyl (C=O) groups is 1. The van der Waals surface area contributed by atoms with Gasteiger partial charge in [0, 0.05) is 0 Å². The van der Waals surface area contributed by atoms with Gasteiger partial charge in [0.05, 0.1) is 6.26 Å². The van der Waals surface area contributed by atoms with Crippen molar-refractivity contribution in [3.8, 4) is 0 Å². The zero-order chi connectivity index (χ0) is 11.3. The molecule has 0 fully saturated rings. The van der Waals surface area contributed by atoms with E-state index in [0.717, 1.165) is 37.5 Å². The fraction of sp³-hybridized carbons (Fsp3) is 0.545. The number of hydrogen-bond acceptors (Lipinski definition) is 4. The number of rotatable bonds is 4. The highest BCUT2D eigenvalue weighted by atomic mass is 16.5. The van der Waals surface area contributed by atoms with Crippen molar-refractivity contribution in [2.45, 2.75) is 37.9 Å². The van der Waals surface area contributed by atoms with Crippen LogP contribution < -0.4 is 0 Å². The molecule has 0 aromatic rings. The molecule has 0 heterocycles. The molecule has 0 saturated heterocycles. The van der Waals surface area contributed by atoms with Crippen LogP contribution in [0.5, 0.6) is 0 Å². The fourth-order valence-corrected chi connectivity index (χ4v) is 1.62. The molecule has 1 aliphatic rings. The van der Waals surface area contributed by atoms with Crippen molar-refractivity contribution in [3.63, 3.8) is 0 Å². The fourth-order valence-electron chi connectivity index (χ4n) is 1.62. The van der Waals surface area contributed by atoms with Crippen LogP contribution in [0.4, 0.5) is 0 Å². The molecule has 15 heavy (non-hydrogen) atoms. The highest BCUT2D eigenvalue weighted by molar-refractivity contribution is 5.76. The van der Waals surface area contributed by atoms with Crippen LogP contribution in [0, 0.1) is 0 Å². The lowest BCUT2D eigenvalue weighted by Gasteiger charge is -2.21. The van der Waals surface area contributed by atoms with Gasteiger partial charge >= 0.3 is 5.97 Å². The number of ether oxygens (including phenoxy) is 1. The molecule has 0 saturated carbocycles. The monoisotopic (exact) mass is 212 g/mol. The van der Waals surface area contributed by atoms with Gasteiger partial charge in [-0.05, 0) is 31.3 Å². The summed E-state index contributed by atoms with van der Waals surface area (Å²) in [4.78, 5) is 11.1. The molecule has 0 amide bonds. The van der Waals surface area contributed by atoms with Crippen LogP contribution in [0.25, 0.3) is 0 Å². The van der Waals surface area contributed by atoms with Crippen molar-refractivity contribution in [3.05, 3.63) is 24.5 Å². The second-order valence-corrected chi connectivity index (χ2v) is 3.52. The summed E-state index contributed by atoms with van der Waals surface area (Å²) in [6, 6.07) is 0. The highest BCUT2D eigenvalue weighted by Gasteiger charge is 2.28. The summed E-state index contributed by atoms with van der Waals surface area (Å²) in [5, 5.41) is 19.1. The van der Waals surface area contributed by atoms with Gasteiger partial charge in [-0.15, -0.1) is 0 Å². The van der Waals surface area contributed by atoms with Gasteiger partial charge in [0.15, 0.2) is 6.10 Å². The SMILES string of the molecule is C=COC(=O)C(O)C(O)C1=CCCCC1. The van der Waals surface area contributed by atoms with Crippen molar-refractivity contribution in [2.75, 3.05) is 0 Å². The average molecular weight is 212 g/mol. The third-order valence-corrected chi connectivity index (χ3v) is 2.45. The first-order valence-corrected chi connectivity index (χ1v) is 5.03. The van der Waals surface area contributed by atoms with Crippen LogP contribution in [0.2, 0.25) is 0 Å². The van der Waals surface area contributed by atoms with E-state index in [1.54, 1.807) is 0 Å². The predicted octanol–water partition coefficient (Wildman–Crippen LogP) is 0.895. The van der Waals surface area contributed by atoms with E-state index < -0.39 is 18.2 Å². The van der Waals surface area contributed by atoms with Gasteiger partial charge in [0.1, 0.15) is 6.10 Å². The summed E-state index contributed by atoms with van der Waals surface area (Å²) in [7, 11) is 0. The molecular formula is C11H16O4. The largest absolute Gasteiger partial charge is 0.433 e. The van der Waals surface area contributed by atoms with Gasteiger partial charge in [-0.3, -0.25) is 0 Å². The summed E-state index contributed by atoms with van der Waals surface area (Å²) in [5.74, 6) is -0.871. The van der Waals surface area contributed by atoms with Crippen LogP contribution in [0.3, 0.4) is 0 Å². The molecule has 1 rings (SSSR count). The van der Waals surface area contributed by atoms with E-state index >= 15 is 0 Å². The number of esters is 1.